The van der Waals surface area contributed by atoms with Crippen molar-refractivity contribution in [3.05, 3.63) is 59.6 Å². The summed E-state index contributed by atoms with van der Waals surface area (Å²) in [5, 5.41) is 4.25. The summed E-state index contributed by atoms with van der Waals surface area (Å²) in [6.45, 7) is 0. The van der Waals surface area contributed by atoms with E-state index in [1.54, 1.807) is 31.6 Å². The minimum atomic E-state index is -4.64. The predicted octanol–water partition coefficient (Wildman–Crippen LogP) is 5.26. The van der Waals surface area contributed by atoms with Gasteiger partial charge in [-0.15, -0.1) is 0 Å². The lowest BCUT2D eigenvalue weighted by atomic mass is 10.1. The van der Waals surface area contributed by atoms with Gasteiger partial charge in [0, 0.05) is 24.8 Å². The molecule has 26 heavy (non-hydrogen) atoms. The Labute approximate surface area is 151 Å². The van der Waals surface area contributed by atoms with Crippen LogP contribution in [0.3, 0.4) is 0 Å². The molecule has 0 amide bonds. The summed E-state index contributed by atoms with van der Waals surface area (Å²) in [4.78, 5) is 7.80. The smallest absolute Gasteiger partial charge is 0.385 e. The SMILES string of the molecule is CNc1ccc(-c2ccc3cnccc3c2)n2c(Cl)c(C(F)(F)F)nc12. The molecule has 4 aromatic rings. The van der Waals surface area contributed by atoms with Gasteiger partial charge in [-0.25, -0.2) is 4.98 Å². The number of fused-ring (bicyclic) bond motifs is 2. The number of rotatable bonds is 2. The molecule has 0 saturated carbocycles. The minimum Gasteiger partial charge on any atom is -0.385 e. The second kappa shape index (κ2) is 5.88. The molecule has 0 saturated heterocycles. The van der Waals surface area contributed by atoms with Crippen molar-refractivity contribution in [2.24, 2.45) is 0 Å². The fourth-order valence-corrected chi connectivity index (χ4v) is 3.28. The summed E-state index contributed by atoms with van der Waals surface area (Å²) in [5.74, 6) is 0. The molecule has 0 aliphatic rings. The minimum absolute atomic E-state index is 0.122. The summed E-state index contributed by atoms with van der Waals surface area (Å²) < 4.78 is 41.2. The Bertz CT molecular complexity index is 1130. The van der Waals surface area contributed by atoms with Crippen molar-refractivity contribution in [3.63, 3.8) is 0 Å². The van der Waals surface area contributed by atoms with Crippen LogP contribution in [0, 0.1) is 0 Å². The molecule has 0 aliphatic carbocycles. The van der Waals surface area contributed by atoms with Crippen molar-refractivity contribution in [1.29, 1.82) is 0 Å². The highest BCUT2D eigenvalue weighted by atomic mass is 35.5. The number of nitrogens with one attached hydrogen (secondary N) is 1. The second-order valence-electron chi connectivity index (χ2n) is 5.73. The van der Waals surface area contributed by atoms with Crippen LogP contribution >= 0.6 is 11.6 Å². The van der Waals surface area contributed by atoms with E-state index >= 15 is 0 Å². The molecular formula is C18H12ClF3N4. The van der Waals surface area contributed by atoms with Gasteiger partial charge in [0.1, 0.15) is 5.15 Å². The van der Waals surface area contributed by atoms with Crippen LogP contribution in [0.15, 0.2) is 48.8 Å². The number of alkyl halides is 3. The molecule has 4 nitrogen and oxygen atoms in total. The van der Waals surface area contributed by atoms with Gasteiger partial charge in [-0.1, -0.05) is 23.7 Å². The Hall–Kier alpha value is -2.80. The Morgan fingerprint density at radius 1 is 1.08 bits per heavy atom. The highest BCUT2D eigenvalue weighted by Gasteiger charge is 2.38. The topological polar surface area (TPSA) is 42.2 Å². The molecule has 0 atom stereocenters. The molecule has 3 aromatic heterocycles. The number of hydrogen-bond donors (Lipinski definition) is 1. The molecule has 1 N–H and O–H groups in total. The van der Waals surface area contributed by atoms with E-state index < -0.39 is 17.0 Å². The fraction of sp³-hybridized carbons (Fsp3) is 0.111. The van der Waals surface area contributed by atoms with E-state index in [1.165, 1.54) is 4.40 Å². The second-order valence-corrected chi connectivity index (χ2v) is 6.09. The number of imidazole rings is 1. The van der Waals surface area contributed by atoms with Crippen LogP contribution in [0.2, 0.25) is 5.15 Å². The molecule has 0 fully saturated rings. The molecule has 0 bridgehead atoms. The Morgan fingerprint density at radius 3 is 2.62 bits per heavy atom. The Morgan fingerprint density at radius 2 is 1.88 bits per heavy atom. The summed E-state index contributed by atoms with van der Waals surface area (Å²) in [6, 6.07) is 10.8. The van der Waals surface area contributed by atoms with Gasteiger partial charge in [-0.3, -0.25) is 9.38 Å². The van der Waals surface area contributed by atoms with Gasteiger partial charge in [0.2, 0.25) is 0 Å². The van der Waals surface area contributed by atoms with E-state index in [0.29, 0.717) is 11.4 Å². The van der Waals surface area contributed by atoms with Gasteiger partial charge in [0.15, 0.2) is 11.3 Å². The normalized spacial score (nSPS) is 12.0. The van der Waals surface area contributed by atoms with Gasteiger partial charge in [0.25, 0.3) is 0 Å². The maximum absolute atomic E-state index is 13.3. The van der Waals surface area contributed by atoms with Crippen LogP contribution in [-0.4, -0.2) is 21.4 Å². The number of aromatic nitrogens is 3. The average Bonchev–Trinajstić information content (AvgIpc) is 2.99. The molecular weight excluding hydrogens is 365 g/mol. The standard InChI is InChI=1S/C18H12ClF3N4/c1-23-13-4-5-14(11-2-3-12-9-24-7-6-10(12)8-11)26-16(19)15(18(20,21)22)25-17(13)26/h2-9,23H,1H3. The molecule has 4 rings (SSSR count). The van der Waals surface area contributed by atoms with E-state index in [4.69, 9.17) is 11.6 Å². The van der Waals surface area contributed by atoms with Crippen molar-refractivity contribution in [1.82, 2.24) is 14.4 Å². The first-order valence-corrected chi connectivity index (χ1v) is 8.08. The first-order chi connectivity index (χ1) is 12.4. The van der Waals surface area contributed by atoms with E-state index in [0.717, 1.165) is 16.3 Å². The van der Waals surface area contributed by atoms with Gasteiger partial charge in [-0.2, -0.15) is 13.2 Å². The van der Waals surface area contributed by atoms with Crippen LogP contribution in [0.4, 0.5) is 18.9 Å². The average molecular weight is 377 g/mol. The number of hydrogen-bond acceptors (Lipinski definition) is 3. The van der Waals surface area contributed by atoms with E-state index in [-0.39, 0.29) is 5.65 Å². The van der Waals surface area contributed by atoms with Crippen LogP contribution in [0.5, 0.6) is 0 Å². The molecule has 3 heterocycles. The largest absolute Gasteiger partial charge is 0.436 e. The summed E-state index contributed by atoms with van der Waals surface area (Å²) in [7, 11) is 1.62. The molecule has 0 radical (unpaired) electrons. The third-order valence-corrected chi connectivity index (χ3v) is 4.53. The number of nitrogens with zero attached hydrogens (tertiary/aromatic N) is 3. The van der Waals surface area contributed by atoms with Gasteiger partial charge in [0.05, 0.1) is 11.4 Å². The molecule has 0 unspecified atom stereocenters. The van der Waals surface area contributed by atoms with Crippen LogP contribution in [-0.2, 0) is 6.18 Å². The van der Waals surface area contributed by atoms with Crippen molar-refractivity contribution in [2.75, 3.05) is 12.4 Å². The monoisotopic (exact) mass is 376 g/mol. The molecule has 1 aromatic carbocycles. The summed E-state index contributed by atoms with van der Waals surface area (Å²) >= 11 is 6.09. The zero-order valence-corrected chi connectivity index (χ0v) is 14.2. The summed E-state index contributed by atoms with van der Waals surface area (Å²) in [5.41, 5.74) is 0.719. The zero-order chi connectivity index (χ0) is 18.5. The van der Waals surface area contributed by atoms with Gasteiger partial charge >= 0.3 is 6.18 Å². The highest BCUT2D eigenvalue weighted by molar-refractivity contribution is 6.31. The molecule has 132 valence electrons. The van der Waals surface area contributed by atoms with Crippen molar-refractivity contribution < 1.29 is 13.2 Å². The van der Waals surface area contributed by atoms with Crippen molar-refractivity contribution in [3.8, 4) is 11.3 Å². The zero-order valence-electron chi connectivity index (χ0n) is 13.5. The first-order valence-electron chi connectivity index (χ1n) is 7.70. The van der Waals surface area contributed by atoms with E-state index in [1.807, 2.05) is 24.3 Å². The highest BCUT2D eigenvalue weighted by Crippen LogP contribution is 2.38. The predicted molar refractivity (Wildman–Crippen MR) is 95.5 cm³/mol. The van der Waals surface area contributed by atoms with E-state index in [9.17, 15) is 13.2 Å². The lowest BCUT2D eigenvalue weighted by molar-refractivity contribution is -0.140. The number of pyridine rings is 2. The fourth-order valence-electron chi connectivity index (χ4n) is 2.96. The van der Waals surface area contributed by atoms with E-state index in [2.05, 4.69) is 15.3 Å². The van der Waals surface area contributed by atoms with Gasteiger partial charge in [-0.05, 0) is 35.2 Å². The van der Waals surface area contributed by atoms with Crippen LogP contribution in [0.25, 0.3) is 27.7 Å². The van der Waals surface area contributed by atoms with Crippen molar-refractivity contribution >= 4 is 33.7 Å². The number of halogens is 4. The quantitative estimate of drug-likeness (QED) is 0.518. The van der Waals surface area contributed by atoms with Gasteiger partial charge < -0.3 is 5.32 Å². The Kier molecular flexibility index (Phi) is 3.77. The third kappa shape index (κ3) is 2.55. The number of benzene rings is 1. The lowest BCUT2D eigenvalue weighted by Gasteiger charge is -2.11. The van der Waals surface area contributed by atoms with Crippen LogP contribution < -0.4 is 5.32 Å². The molecule has 0 aliphatic heterocycles. The molecule has 0 spiro atoms. The maximum Gasteiger partial charge on any atom is 0.436 e. The third-order valence-electron chi connectivity index (χ3n) is 4.19. The van der Waals surface area contributed by atoms with Crippen LogP contribution in [0.1, 0.15) is 5.69 Å². The number of anilines is 1. The summed E-state index contributed by atoms with van der Waals surface area (Å²) in [6.07, 6.45) is -1.25. The van der Waals surface area contributed by atoms with Crippen molar-refractivity contribution in [2.45, 2.75) is 6.18 Å². The maximum atomic E-state index is 13.3. The Balaban J connectivity index is 2.04. The molecule has 8 heteroatoms. The lowest BCUT2D eigenvalue weighted by Crippen LogP contribution is -2.06. The first kappa shape index (κ1) is 16.7.